The third-order valence-corrected chi connectivity index (χ3v) is 2.36. The summed E-state index contributed by atoms with van der Waals surface area (Å²) >= 11 is 0. The molecule has 1 atom stereocenters. The average molecular weight is 195 g/mol. The van der Waals surface area contributed by atoms with Gasteiger partial charge in [-0.25, -0.2) is 4.39 Å². The summed E-state index contributed by atoms with van der Waals surface area (Å²) in [7, 11) is 0. The van der Waals surface area contributed by atoms with Gasteiger partial charge in [0.1, 0.15) is 5.82 Å². The van der Waals surface area contributed by atoms with Crippen LogP contribution in [0.2, 0.25) is 0 Å². The van der Waals surface area contributed by atoms with Crippen molar-refractivity contribution in [2.45, 2.75) is 13.0 Å². The highest BCUT2D eigenvalue weighted by molar-refractivity contribution is 5.25. The predicted molar refractivity (Wildman–Crippen MR) is 52.7 cm³/mol. The van der Waals surface area contributed by atoms with Crippen molar-refractivity contribution >= 4 is 0 Å². The van der Waals surface area contributed by atoms with Crippen molar-refractivity contribution in [1.29, 1.82) is 0 Å². The first-order valence-corrected chi connectivity index (χ1v) is 4.85. The summed E-state index contributed by atoms with van der Waals surface area (Å²) in [5.74, 6) is -0.186. The number of nitrogens with one attached hydrogen (secondary N) is 1. The molecule has 1 unspecified atom stereocenters. The van der Waals surface area contributed by atoms with E-state index < -0.39 is 0 Å². The van der Waals surface area contributed by atoms with E-state index in [0.717, 1.165) is 24.2 Å². The van der Waals surface area contributed by atoms with Gasteiger partial charge in [-0.2, -0.15) is 0 Å². The molecule has 1 aromatic carbocycles. The van der Waals surface area contributed by atoms with Crippen LogP contribution in [0.4, 0.5) is 4.39 Å². The van der Waals surface area contributed by atoms with Crippen molar-refractivity contribution in [2.75, 3.05) is 19.7 Å². The van der Waals surface area contributed by atoms with E-state index in [4.69, 9.17) is 4.74 Å². The molecule has 1 heterocycles. The topological polar surface area (TPSA) is 21.3 Å². The number of halogens is 1. The van der Waals surface area contributed by atoms with Crippen LogP contribution in [0, 0.1) is 12.7 Å². The van der Waals surface area contributed by atoms with Crippen molar-refractivity contribution in [2.24, 2.45) is 0 Å². The highest BCUT2D eigenvalue weighted by Gasteiger charge is 2.16. The maximum Gasteiger partial charge on any atom is 0.123 e. The molecule has 0 radical (unpaired) electrons. The Hall–Kier alpha value is -0.930. The largest absolute Gasteiger partial charge is 0.371 e. The van der Waals surface area contributed by atoms with Crippen LogP contribution in [0.1, 0.15) is 17.2 Å². The zero-order valence-corrected chi connectivity index (χ0v) is 8.22. The molecule has 0 spiro atoms. The Morgan fingerprint density at radius 2 is 2.29 bits per heavy atom. The molecule has 1 fully saturated rings. The van der Waals surface area contributed by atoms with Gasteiger partial charge in [0.25, 0.3) is 0 Å². The Labute approximate surface area is 83.1 Å². The number of ether oxygens (including phenoxy) is 1. The summed E-state index contributed by atoms with van der Waals surface area (Å²) in [5, 5.41) is 3.22. The van der Waals surface area contributed by atoms with Gasteiger partial charge in [0.2, 0.25) is 0 Å². The summed E-state index contributed by atoms with van der Waals surface area (Å²) < 4.78 is 18.7. The summed E-state index contributed by atoms with van der Waals surface area (Å²) in [6, 6.07) is 5.05. The molecular formula is C11H14FNO. The Morgan fingerprint density at radius 3 is 2.93 bits per heavy atom. The minimum Gasteiger partial charge on any atom is -0.371 e. The van der Waals surface area contributed by atoms with Crippen LogP contribution in [-0.4, -0.2) is 19.7 Å². The molecule has 0 aromatic heterocycles. The molecule has 0 bridgehead atoms. The summed E-state index contributed by atoms with van der Waals surface area (Å²) in [6.45, 7) is 4.23. The third kappa shape index (κ3) is 2.11. The number of hydrogen-bond acceptors (Lipinski definition) is 2. The summed E-state index contributed by atoms with van der Waals surface area (Å²) in [5.41, 5.74) is 1.86. The van der Waals surface area contributed by atoms with Crippen LogP contribution in [0.25, 0.3) is 0 Å². The second-order valence-corrected chi connectivity index (χ2v) is 3.63. The molecule has 1 aromatic rings. The van der Waals surface area contributed by atoms with E-state index in [1.54, 1.807) is 6.07 Å². The Balaban J connectivity index is 2.21. The molecule has 1 aliphatic rings. The van der Waals surface area contributed by atoms with Gasteiger partial charge in [0.15, 0.2) is 0 Å². The van der Waals surface area contributed by atoms with Gasteiger partial charge < -0.3 is 10.1 Å². The first kappa shape index (κ1) is 9.62. The number of hydrogen-bond donors (Lipinski definition) is 1. The van der Waals surface area contributed by atoms with E-state index in [-0.39, 0.29) is 11.9 Å². The Bertz CT molecular complexity index is 301. The lowest BCUT2D eigenvalue weighted by atomic mass is 10.1. The predicted octanol–water partition coefficient (Wildman–Crippen LogP) is 1.80. The highest BCUT2D eigenvalue weighted by atomic mass is 19.1. The summed E-state index contributed by atoms with van der Waals surface area (Å²) in [6.07, 6.45) is -0.00171. The fraction of sp³-hybridized carbons (Fsp3) is 0.455. The lowest BCUT2D eigenvalue weighted by molar-refractivity contribution is 0.0275. The molecule has 2 rings (SSSR count). The minimum absolute atomic E-state index is 0.00171. The third-order valence-electron chi connectivity index (χ3n) is 2.36. The van der Waals surface area contributed by atoms with Crippen LogP contribution in [0.5, 0.6) is 0 Å². The zero-order valence-electron chi connectivity index (χ0n) is 8.22. The fourth-order valence-corrected chi connectivity index (χ4v) is 1.73. The van der Waals surface area contributed by atoms with Crippen molar-refractivity contribution in [3.05, 3.63) is 35.1 Å². The van der Waals surface area contributed by atoms with Gasteiger partial charge in [-0.1, -0.05) is 6.07 Å². The second-order valence-electron chi connectivity index (χ2n) is 3.63. The van der Waals surface area contributed by atoms with Gasteiger partial charge in [-0.15, -0.1) is 0 Å². The molecule has 1 saturated heterocycles. The molecule has 1 aliphatic heterocycles. The van der Waals surface area contributed by atoms with Gasteiger partial charge >= 0.3 is 0 Å². The Morgan fingerprint density at radius 1 is 1.43 bits per heavy atom. The summed E-state index contributed by atoms with van der Waals surface area (Å²) in [4.78, 5) is 0. The first-order chi connectivity index (χ1) is 6.75. The first-order valence-electron chi connectivity index (χ1n) is 4.85. The molecule has 3 heteroatoms. The van der Waals surface area contributed by atoms with Gasteiger partial charge in [0.05, 0.1) is 12.7 Å². The van der Waals surface area contributed by atoms with Gasteiger partial charge in [0, 0.05) is 13.1 Å². The Kier molecular flexibility index (Phi) is 2.79. The fourth-order valence-electron chi connectivity index (χ4n) is 1.73. The lowest BCUT2D eigenvalue weighted by Crippen LogP contribution is -2.33. The van der Waals surface area contributed by atoms with E-state index in [1.165, 1.54) is 6.07 Å². The number of rotatable bonds is 1. The zero-order chi connectivity index (χ0) is 9.97. The molecule has 0 aliphatic carbocycles. The molecule has 0 saturated carbocycles. The molecule has 14 heavy (non-hydrogen) atoms. The molecule has 2 nitrogen and oxygen atoms in total. The smallest absolute Gasteiger partial charge is 0.123 e. The monoisotopic (exact) mass is 195 g/mol. The quantitative estimate of drug-likeness (QED) is 0.737. The van der Waals surface area contributed by atoms with E-state index in [9.17, 15) is 4.39 Å². The van der Waals surface area contributed by atoms with Crippen molar-refractivity contribution in [3.63, 3.8) is 0 Å². The van der Waals surface area contributed by atoms with Crippen molar-refractivity contribution in [1.82, 2.24) is 5.32 Å². The molecule has 76 valence electrons. The average Bonchev–Trinajstić information content (AvgIpc) is 2.18. The van der Waals surface area contributed by atoms with E-state index in [1.807, 2.05) is 13.0 Å². The highest BCUT2D eigenvalue weighted by Crippen LogP contribution is 2.20. The van der Waals surface area contributed by atoms with Crippen LogP contribution in [0.3, 0.4) is 0 Å². The molecular weight excluding hydrogens is 181 g/mol. The van der Waals surface area contributed by atoms with Crippen LogP contribution in [-0.2, 0) is 4.74 Å². The minimum atomic E-state index is -0.186. The van der Waals surface area contributed by atoms with Crippen LogP contribution < -0.4 is 5.32 Å². The maximum absolute atomic E-state index is 13.1. The van der Waals surface area contributed by atoms with Gasteiger partial charge in [-0.05, 0) is 30.2 Å². The number of morpholine rings is 1. The normalized spacial score (nSPS) is 22.3. The van der Waals surface area contributed by atoms with E-state index in [0.29, 0.717) is 6.61 Å². The van der Waals surface area contributed by atoms with Crippen molar-refractivity contribution < 1.29 is 9.13 Å². The number of aryl methyl sites for hydroxylation is 1. The second kappa shape index (κ2) is 4.07. The van der Waals surface area contributed by atoms with Crippen LogP contribution in [0.15, 0.2) is 18.2 Å². The standard InChI is InChI=1S/C11H14FNO/c1-8-4-9(6-10(12)5-8)11-7-13-2-3-14-11/h4-6,11,13H,2-3,7H2,1H3. The lowest BCUT2D eigenvalue weighted by Gasteiger charge is -2.24. The van der Waals surface area contributed by atoms with E-state index in [2.05, 4.69) is 5.32 Å². The SMILES string of the molecule is Cc1cc(F)cc(C2CNCCO2)c1. The molecule has 0 amide bonds. The van der Waals surface area contributed by atoms with Crippen molar-refractivity contribution in [3.8, 4) is 0 Å². The molecule has 1 N–H and O–H groups in total. The van der Waals surface area contributed by atoms with Crippen LogP contribution >= 0.6 is 0 Å². The number of benzene rings is 1. The van der Waals surface area contributed by atoms with E-state index >= 15 is 0 Å². The maximum atomic E-state index is 13.1. The van der Waals surface area contributed by atoms with Gasteiger partial charge in [-0.3, -0.25) is 0 Å².